The summed E-state index contributed by atoms with van der Waals surface area (Å²) in [7, 11) is 0. The third-order valence-corrected chi connectivity index (χ3v) is 7.04. The van der Waals surface area contributed by atoms with Crippen molar-refractivity contribution in [3.63, 3.8) is 0 Å². The van der Waals surface area contributed by atoms with E-state index in [1.54, 1.807) is 18.2 Å². The maximum atomic E-state index is 12.5. The van der Waals surface area contributed by atoms with Crippen LogP contribution in [0.25, 0.3) is 11.3 Å². The highest BCUT2D eigenvalue weighted by Gasteiger charge is 2.20. The first-order valence-electron chi connectivity index (χ1n) is 10.4. The molecule has 1 amide bonds. The van der Waals surface area contributed by atoms with E-state index in [0.29, 0.717) is 38.4 Å². The molecule has 4 rings (SSSR count). The fraction of sp³-hybridized carbons (Fsp3) is 0.217. The molecule has 1 unspecified atom stereocenters. The summed E-state index contributed by atoms with van der Waals surface area (Å²) < 4.78 is 7.93. The Morgan fingerprint density at radius 2 is 2.00 bits per heavy atom. The van der Waals surface area contributed by atoms with Gasteiger partial charge in [0.2, 0.25) is 5.91 Å². The third-order valence-electron chi connectivity index (χ3n) is 4.77. The van der Waals surface area contributed by atoms with E-state index in [2.05, 4.69) is 20.5 Å². The van der Waals surface area contributed by atoms with Crippen molar-refractivity contribution in [2.45, 2.75) is 31.7 Å². The highest BCUT2D eigenvalue weighted by molar-refractivity contribution is 7.99. The summed E-state index contributed by atoms with van der Waals surface area (Å²) in [6.45, 7) is 4.59. The molecule has 0 spiro atoms. The lowest BCUT2D eigenvalue weighted by atomic mass is 10.2. The van der Waals surface area contributed by atoms with E-state index in [4.69, 9.17) is 27.9 Å². The van der Waals surface area contributed by atoms with Gasteiger partial charge in [-0.2, -0.15) is 0 Å². The predicted molar refractivity (Wildman–Crippen MR) is 138 cm³/mol. The first-order chi connectivity index (χ1) is 16.4. The molecular formula is C23H21Cl2N5O2S2. The number of amides is 1. The number of nitrogens with zero attached hydrogens (tertiary/aromatic N) is 4. The minimum atomic E-state index is -0.286. The summed E-state index contributed by atoms with van der Waals surface area (Å²) >= 11 is 14.9. The maximum absolute atomic E-state index is 12.5. The van der Waals surface area contributed by atoms with E-state index in [-0.39, 0.29) is 17.8 Å². The molecule has 11 heteroatoms. The monoisotopic (exact) mass is 533 g/mol. The SMILES string of the molecule is CCn1c(SCC(=O)Nc2nc(-c3ccc(Cl)cc3Cl)cs2)nnc1C(C)Oc1ccccc1. The smallest absolute Gasteiger partial charge is 0.236 e. The number of benzene rings is 2. The van der Waals surface area contributed by atoms with Crippen molar-refractivity contribution >= 4 is 57.3 Å². The Bertz CT molecular complexity index is 1280. The minimum absolute atomic E-state index is 0.169. The number of ether oxygens (including phenoxy) is 1. The summed E-state index contributed by atoms with van der Waals surface area (Å²) in [4.78, 5) is 17.0. The second kappa shape index (κ2) is 11.2. The van der Waals surface area contributed by atoms with Gasteiger partial charge < -0.3 is 14.6 Å². The average molecular weight is 534 g/mol. The van der Waals surface area contributed by atoms with Crippen LogP contribution >= 0.6 is 46.3 Å². The van der Waals surface area contributed by atoms with Crippen LogP contribution in [0.3, 0.4) is 0 Å². The molecule has 2 heterocycles. The van der Waals surface area contributed by atoms with Gasteiger partial charge in [0, 0.05) is 22.5 Å². The van der Waals surface area contributed by atoms with Crippen LogP contribution in [0.5, 0.6) is 5.75 Å². The van der Waals surface area contributed by atoms with Gasteiger partial charge in [0.1, 0.15) is 5.75 Å². The zero-order chi connectivity index (χ0) is 24.1. The number of halogens is 2. The summed E-state index contributed by atoms with van der Waals surface area (Å²) in [5.74, 6) is 1.45. The van der Waals surface area contributed by atoms with Gasteiger partial charge >= 0.3 is 0 Å². The van der Waals surface area contributed by atoms with Crippen LogP contribution in [0.1, 0.15) is 25.8 Å². The zero-order valence-electron chi connectivity index (χ0n) is 18.4. The zero-order valence-corrected chi connectivity index (χ0v) is 21.5. The van der Waals surface area contributed by atoms with Crippen molar-refractivity contribution in [2.24, 2.45) is 0 Å². The highest BCUT2D eigenvalue weighted by Crippen LogP contribution is 2.32. The van der Waals surface area contributed by atoms with Crippen LogP contribution in [0, 0.1) is 0 Å². The number of rotatable bonds is 9. The fourth-order valence-electron chi connectivity index (χ4n) is 3.20. The molecule has 2 aromatic heterocycles. The number of para-hydroxylation sites is 1. The quantitative estimate of drug-likeness (QED) is 0.244. The molecule has 0 aliphatic heterocycles. The first-order valence-corrected chi connectivity index (χ1v) is 13.0. The lowest BCUT2D eigenvalue weighted by Crippen LogP contribution is -2.15. The Kier molecular flexibility index (Phi) is 8.10. The Morgan fingerprint density at radius 3 is 2.74 bits per heavy atom. The van der Waals surface area contributed by atoms with E-state index >= 15 is 0 Å². The molecule has 1 N–H and O–H groups in total. The first kappa shape index (κ1) is 24.5. The van der Waals surface area contributed by atoms with Crippen molar-refractivity contribution in [2.75, 3.05) is 11.1 Å². The van der Waals surface area contributed by atoms with Crippen LogP contribution < -0.4 is 10.1 Å². The predicted octanol–water partition coefficient (Wildman–Crippen LogP) is 6.60. The molecule has 0 saturated heterocycles. The van der Waals surface area contributed by atoms with E-state index in [1.165, 1.54) is 23.1 Å². The van der Waals surface area contributed by atoms with E-state index in [9.17, 15) is 4.79 Å². The van der Waals surface area contributed by atoms with Gasteiger partial charge in [-0.05, 0) is 44.2 Å². The molecule has 2 aromatic carbocycles. The molecule has 176 valence electrons. The largest absolute Gasteiger partial charge is 0.483 e. The minimum Gasteiger partial charge on any atom is -0.483 e. The van der Waals surface area contributed by atoms with Gasteiger partial charge in [-0.15, -0.1) is 21.5 Å². The summed E-state index contributed by atoms with van der Waals surface area (Å²) in [5, 5.41) is 15.4. The molecule has 0 bridgehead atoms. The van der Waals surface area contributed by atoms with E-state index < -0.39 is 0 Å². The van der Waals surface area contributed by atoms with Gasteiger partial charge in [-0.1, -0.05) is 53.2 Å². The van der Waals surface area contributed by atoms with Crippen LogP contribution in [-0.2, 0) is 11.3 Å². The van der Waals surface area contributed by atoms with E-state index in [1.807, 2.05) is 54.1 Å². The normalized spacial score (nSPS) is 11.9. The summed E-state index contributed by atoms with van der Waals surface area (Å²) in [6.07, 6.45) is -0.286. The average Bonchev–Trinajstić information content (AvgIpc) is 3.45. The lowest BCUT2D eigenvalue weighted by Gasteiger charge is -2.15. The number of nitrogens with one attached hydrogen (secondary N) is 1. The molecule has 0 aliphatic carbocycles. The number of carbonyl (C=O) groups is 1. The number of hydrogen-bond donors (Lipinski definition) is 1. The van der Waals surface area contributed by atoms with Crippen LogP contribution in [0.4, 0.5) is 5.13 Å². The van der Waals surface area contributed by atoms with Crippen molar-refractivity contribution in [3.8, 4) is 17.0 Å². The number of carbonyl (C=O) groups excluding carboxylic acids is 1. The lowest BCUT2D eigenvalue weighted by molar-refractivity contribution is -0.113. The summed E-state index contributed by atoms with van der Waals surface area (Å²) in [5.41, 5.74) is 1.44. The van der Waals surface area contributed by atoms with Crippen molar-refractivity contribution in [1.29, 1.82) is 0 Å². The van der Waals surface area contributed by atoms with Gasteiger partial charge in [0.15, 0.2) is 22.2 Å². The molecule has 4 aromatic rings. The molecule has 34 heavy (non-hydrogen) atoms. The molecule has 0 aliphatic rings. The number of thiazole rings is 1. The number of anilines is 1. The highest BCUT2D eigenvalue weighted by atomic mass is 35.5. The number of hydrogen-bond acceptors (Lipinski definition) is 7. The van der Waals surface area contributed by atoms with Crippen LogP contribution in [0.15, 0.2) is 59.1 Å². The topological polar surface area (TPSA) is 81.9 Å². The number of aromatic nitrogens is 4. The molecule has 0 fully saturated rings. The van der Waals surface area contributed by atoms with Crippen LogP contribution in [-0.4, -0.2) is 31.4 Å². The van der Waals surface area contributed by atoms with Crippen molar-refractivity contribution in [1.82, 2.24) is 19.7 Å². The summed E-state index contributed by atoms with van der Waals surface area (Å²) in [6, 6.07) is 14.8. The van der Waals surface area contributed by atoms with Gasteiger partial charge in [0.25, 0.3) is 0 Å². The Balaban J connectivity index is 1.36. The van der Waals surface area contributed by atoms with Gasteiger partial charge in [-0.25, -0.2) is 4.98 Å². The van der Waals surface area contributed by atoms with Gasteiger partial charge in [0.05, 0.1) is 16.5 Å². The Hall–Kier alpha value is -2.59. The van der Waals surface area contributed by atoms with Gasteiger partial charge in [-0.3, -0.25) is 4.79 Å². The van der Waals surface area contributed by atoms with Crippen molar-refractivity contribution in [3.05, 3.63) is 69.8 Å². The second-order valence-corrected chi connectivity index (χ2v) is 9.80. The molecule has 0 radical (unpaired) electrons. The Labute approximate surface area is 215 Å². The second-order valence-electron chi connectivity index (χ2n) is 7.16. The fourth-order valence-corrected chi connectivity index (χ4v) is 5.24. The molecule has 0 saturated carbocycles. The number of thioether (sulfide) groups is 1. The third kappa shape index (κ3) is 5.90. The molecule has 1 atom stereocenters. The Morgan fingerprint density at radius 1 is 1.21 bits per heavy atom. The van der Waals surface area contributed by atoms with Crippen LogP contribution in [0.2, 0.25) is 10.0 Å². The molecule has 7 nitrogen and oxygen atoms in total. The maximum Gasteiger partial charge on any atom is 0.236 e. The van der Waals surface area contributed by atoms with Crippen molar-refractivity contribution < 1.29 is 9.53 Å². The molecular weight excluding hydrogens is 513 g/mol. The standard InChI is InChI=1S/C23H21Cl2N5O2S2/c1-3-30-21(14(2)32-16-7-5-4-6-8-16)28-29-23(30)34-13-20(31)27-22-26-19(12-33-22)17-10-9-15(24)11-18(17)25/h4-12,14H,3,13H2,1-2H3,(H,26,27,31). The van der Waals surface area contributed by atoms with E-state index in [0.717, 1.165) is 11.3 Å².